The highest BCUT2D eigenvalue weighted by Gasteiger charge is 2.00. The highest BCUT2D eigenvalue weighted by atomic mass is 16.3. The monoisotopic (exact) mass is 166 g/mol. The van der Waals surface area contributed by atoms with E-state index >= 15 is 0 Å². The van der Waals surface area contributed by atoms with Gasteiger partial charge in [0.15, 0.2) is 0 Å². The van der Waals surface area contributed by atoms with Crippen LogP contribution >= 0.6 is 0 Å². The third-order valence-electron chi connectivity index (χ3n) is 1.83. The summed E-state index contributed by atoms with van der Waals surface area (Å²) in [7, 11) is 0. The maximum absolute atomic E-state index is 9.25. The Labute approximate surface area is 72.5 Å². The van der Waals surface area contributed by atoms with Crippen LogP contribution in [0.5, 0.6) is 0 Å². The van der Waals surface area contributed by atoms with Crippen molar-refractivity contribution in [3.05, 3.63) is 35.4 Å². The van der Waals surface area contributed by atoms with Crippen LogP contribution in [0.4, 0.5) is 0 Å². The lowest BCUT2D eigenvalue weighted by molar-refractivity contribution is 0.199. The lowest BCUT2D eigenvalue weighted by atomic mass is 10.1. The van der Waals surface area contributed by atoms with Gasteiger partial charge in [0.25, 0.3) is 0 Å². The molecule has 0 saturated heterocycles. The third kappa shape index (κ3) is 2.32. The minimum absolute atomic E-state index is 0.156. The van der Waals surface area contributed by atoms with Crippen molar-refractivity contribution in [2.24, 2.45) is 0 Å². The van der Waals surface area contributed by atoms with E-state index < -0.39 is 6.10 Å². The highest BCUT2D eigenvalue weighted by molar-refractivity contribution is 5.24. The quantitative estimate of drug-likeness (QED) is 0.710. The molecule has 0 radical (unpaired) electrons. The molecule has 2 nitrogen and oxygen atoms in total. The van der Waals surface area contributed by atoms with Crippen molar-refractivity contribution in [2.45, 2.75) is 19.4 Å². The molecule has 0 aliphatic heterocycles. The number of hydrogen-bond donors (Lipinski definition) is 2. The fourth-order valence-corrected chi connectivity index (χ4v) is 1.14. The Morgan fingerprint density at radius 2 is 2.17 bits per heavy atom. The maximum atomic E-state index is 9.25. The summed E-state index contributed by atoms with van der Waals surface area (Å²) in [5.41, 5.74) is 1.97. The first-order valence-electron chi connectivity index (χ1n) is 4.12. The first-order chi connectivity index (χ1) is 5.74. The van der Waals surface area contributed by atoms with E-state index in [2.05, 4.69) is 0 Å². The van der Waals surface area contributed by atoms with E-state index in [0.29, 0.717) is 6.42 Å². The Balaban J connectivity index is 2.81. The molecular formula is C10H14O2. The Morgan fingerprint density at radius 1 is 1.42 bits per heavy atom. The summed E-state index contributed by atoms with van der Waals surface area (Å²) < 4.78 is 0. The molecule has 2 heteroatoms. The topological polar surface area (TPSA) is 40.5 Å². The zero-order valence-corrected chi connectivity index (χ0v) is 7.20. The van der Waals surface area contributed by atoms with Gasteiger partial charge in [0, 0.05) is 6.61 Å². The SMILES string of the molecule is CC(O)c1cccc(CCO)c1. The Morgan fingerprint density at radius 3 is 2.75 bits per heavy atom. The van der Waals surface area contributed by atoms with E-state index in [4.69, 9.17) is 5.11 Å². The number of aliphatic hydroxyl groups excluding tert-OH is 2. The van der Waals surface area contributed by atoms with Gasteiger partial charge >= 0.3 is 0 Å². The summed E-state index contributed by atoms with van der Waals surface area (Å²) in [6, 6.07) is 7.64. The van der Waals surface area contributed by atoms with E-state index in [-0.39, 0.29) is 6.61 Å². The molecule has 12 heavy (non-hydrogen) atoms. The Hall–Kier alpha value is -0.860. The van der Waals surface area contributed by atoms with Crippen LogP contribution in [0.15, 0.2) is 24.3 Å². The third-order valence-corrected chi connectivity index (χ3v) is 1.83. The standard InChI is InChI=1S/C10H14O2/c1-8(12)10-4-2-3-9(7-10)5-6-11/h2-4,7-8,11-12H,5-6H2,1H3. The van der Waals surface area contributed by atoms with Gasteiger partial charge in [-0.15, -0.1) is 0 Å². The van der Waals surface area contributed by atoms with Gasteiger partial charge in [0.05, 0.1) is 6.10 Å². The second-order valence-electron chi connectivity index (χ2n) is 2.89. The average molecular weight is 166 g/mol. The Kier molecular flexibility index (Phi) is 3.26. The van der Waals surface area contributed by atoms with Crippen molar-refractivity contribution in [3.63, 3.8) is 0 Å². The smallest absolute Gasteiger partial charge is 0.0762 e. The predicted octanol–water partition coefficient (Wildman–Crippen LogP) is 1.27. The largest absolute Gasteiger partial charge is 0.396 e. The van der Waals surface area contributed by atoms with Crippen LogP contribution in [0.1, 0.15) is 24.2 Å². The predicted molar refractivity (Wildman–Crippen MR) is 47.9 cm³/mol. The van der Waals surface area contributed by atoms with Crippen molar-refractivity contribution in [2.75, 3.05) is 6.61 Å². The van der Waals surface area contributed by atoms with Crippen molar-refractivity contribution in [1.82, 2.24) is 0 Å². The van der Waals surface area contributed by atoms with E-state index in [9.17, 15) is 5.11 Å². The first-order valence-corrected chi connectivity index (χ1v) is 4.12. The second kappa shape index (κ2) is 4.24. The fourth-order valence-electron chi connectivity index (χ4n) is 1.14. The zero-order chi connectivity index (χ0) is 8.97. The van der Waals surface area contributed by atoms with Gasteiger partial charge in [-0.2, -0.15) is 0 Å². The molecule has 0 saturated carbocycles. The van der Waals surface area contributed by atoms with Crippen molar-refractivity contribution in [3.8, 4) is 0 Å². The highest BCUT2D eigenvalue weighted by Crippen LogP contribution is 2.13. The summed E-state index contributed by atoms with van der Waals surface area (Å²) in [5, 5.41) is 17.9. The van der Waals surface area contributed by atoms with Gasteiger partial charge in [-0.05, 0) is 24.5 Å². The maximum Gasteiger partial charge on any atom is 0.0762 e. The van der Waals surface area contributed by atoms with Crippen LogP contribution in [0.25, 0.3) is 0 Å². The minimum Gasteiger partial charge on any atom is -0.396 e. The summed E-state index contributed by atoms with van der Waals surface area (Å²) in [4.78, 5) is 0. The van der Waals surface area contributed by atoms with Crippen molar-refractivity contribution >= 4 is 0 Å². The summed E-state index contributed by atoms with van der Waals surface area (Å²) in [6.45, 7) is 1.89. The van der Waals surface area contributed by atoms with Crippen LogP contribution in [0, 0.1) is 0 Å². The minimum atomic E-state index is -0.427. The fraction of sp³-hybridized carbons (Fsp3) is 0.400. The van der Waals surface area contributed by atoms with Crippen molar-refractivity contribution in [1.29, 1.82) is 0 Å². The summed E-state index contributed by atoms with van der Waals surface area (Å²) in [6.07, 6.45) is 0.226. The van der Waals surface area contributed by atoms with E-state index in [1.54, 1.807) is 6.92 Å². The normalized spacial score (nSPS) is 12.9. The van der Waals surface area contributed by atoms with Gasteiger partial charge in [0.2, 0.25) is 0 Å². The average Bonchev–Trinajstić information content (AvgIpc) is 2.05. The summed E-state index contributed by atoms with van der Waals surface area (Å²) >= 11 is 0. The number of aliphatic hydroxyl groups is 2. The van der Waals surface area contributed by atoms with Gasteiger partial charge in [-0.3, -0.25) is 0 Å². The number of rotatable bonds is 3. The molecule has 0 spiro atoms. The van der Waals surface area contributed by atoms with Gasteiger partial charge < -0.3 is 10.2 Å². The lowest BCUT2D eigenvalue weighted by Crippen LogP contribution is -1.95. The summed E-state index contributed by atoms with van der Waals surface area (Å²) in [5.74, 6) is 0. The van der Waals surface area contributed by atoms with Crippen LogP contribution in [-0.4, -0.2) is 16.8 Å². The molecule has 0 amide bonds. The number of hydrogen-bond acceptors (Lipinski definition) is 2. The molecule has 1 aromatic rings. The van der Waals surface area contributed by atoms with Gasteiger partial charge in [0.1, 0.15) is 0 Å². The molecule has 66 valence electrons. The molecule has 1 atom stereocenters. The van der Waals surface area contributed by atoms with Crippen LogP contribution < -0.4 is 0 Å². The van der Waals surface area contributed by atoms with E-state index in [0.717, 1.165) is 11.1 Å². The van der Waals surface area contributed by atoms with Crippen molar-refractivity contribution < 1.29 is 10.2 Å². The van der Waals surface area contributed by atoms with E-state index in [1.807, 2.05) is 24.3 Å². The lowest BCUT2D eigenvalue weighted by Gasteiger charge is -2.05. The molecule has 2 N–H and O–H groups in total. The molecule has 0 heterocycles. The molecule has 1 unspecified atom stereocenters. The number of benzene rings is 1. The van der Waals surface area contributed by atoms with Gasteiger partial charge in [-0.1, -0.05) is 24.3 Å². The molecule has 0 bridgehead atoms. The molecule has 0 aliphatic carbocycles. The molecule has 0 aliphatic rings. The second-order valence-corrected chi connectivity index (χ2v) is 2.89. The first kappa shape index (κ1) is 9.23. The zero-order valence-electron chi connectivity index (χ0n) is 7.20. The molecule has 1 rings (SSSR count). The van der Waals surface area contributed by atoms with Gasteiger partial charge in [-0.25, -0.2) is 0 Å². The van der Waals surface area contributed by atoms with Crippen LogP contribution in [-0.2, 0) is 6.42 Å². The molecular weight excluding hydrogens is 152 g/mol. The van der Waals surface area contributed by atoms with Crippen LogP contribution in [0.3, 0.4) is 0 Å². The Bertz CT molecular complexity index is 243. The molecule has 0 fully saturated rings. The van der Waals surface area contributed by atoms with E-state index in [1.165, 1.54) is 0 Å². The van der Waals surface area contributed by atoms with Crippen LogP contribution in [0.2, 0.25) is 0 Å². The molecule has 0 aromatic heterocycles. The molecule has 1 aromatic carbocycles.